The lowest BCUT2D eigenvalue weighted by atomic mass is 10.2. The Morgan fingerprint density at radius 3 is 2.85 bits per heavy atom. The van der Waals surface area contributed by atoms with Gasteiger partial charge in [0.25, 0.3) is 0 Å². The number of rotatable bonds is 4. The van der Waals surface area contributed by atoms with Crippen LogP contribution in [0, 0.1) is 0 Å². The van der Waals surface area contributed by atoms with Crippen LogP contribution in [0.4, 0.5) is 5.69 Å². The molecule has 0 radical (unpaired) electrons. The minimum atomic E-state index is -0.185. The Morgan fingerprint density at radius 1 is 1.30 bits per heavy atom. The third-order valence-corrected chi connectivity index (χ3v) is 3.20. The molecular weight excluding hydrogens is 254 g/mol. The van der Waals surface area contributed by atoms with Gasteiger partial charge in [0.2, 0.25) is 0 Å². The maximum Gasteiger partial charge on any atom is 0.323 e. The van der Waals surface area contributed by atoms with Gasteiger partial charge in [-0.1, -0.05) is 0 Å². The van der Waals surface area contributed by atoms with Gasteiger partial charge in [-0.3, -0.25) is 4.68 Å². The van der Waals surface area contributed by atoms with E-state index in [0.29, 0.717) is 12.6 Å². The second-order valence-electron chi connectivity index (χ2n) is 5.12. The number of fused-ring (bicyclic) bond motifs is 1. The summed E-state index contributed by atoms with van der Waals surface area (Å²) in [5, 5.41) is 7.63. The lowest BCUT2D eigenvalue weighted by molar-refractivity contribution is 0.532. The summed E-state index contributed by atoms with van der Waals surface area (Å²) in [6, 6.07) is 6.11. The molecule has 20 heavy (non-hydrogen) atoms. The molecule has 2 heterocycles. The van der Waals surface area contributed by atoms with Crippen molar-refractivity contribution in [1.29, 1.82) is 0 Å². The molecule has 6 heteroatoms. The Bertz CT molecular complexity index is 780. The summed E-state index contributed by atoms with van der Waals surface area (Å²) in [7, 11) is 0. The molecule has 0 aliphatic rings. The van der Waals surface area contributed by atoms with E-state index in [1.54, 1.807) is 0 Å². The molecule has 0 saturated carbocycles. The lowest BCUT2D eigenvalue weighted by Gasteiger charge is -2.05. The number of nitrogens with zero attached hydrogens (tertiary/aromatic N) is 2. The van der Waals surface area contributed by atoms with E-state index >= 15 is 0 Å². The van der Waals surface area contributed by atoms with E-state index in [1.165, 1.54) is 0 Å². The number of benzene rings is 1. The van der Waals surface area contributed by atoms with Gasteiger partial charge >= 0.3 is 5.69 Å². The van der Waals surface area contributed by atoms with E-state index < -0.39 is 0 Å². The Hall–Kier alpha value is -2.50. The first-order valence-corrected chi connectivity index (χ1v) is 6.61. The van der Waals surface area contributed by atoms with Crippen LogP contribution in [0.25, 0.3) is 11.0 Å². The van der Waals surface area contributed by atoms with Crippen molar-refractivity contribution in [2.75, 3.05) is 5.32 Å². The maximum atomic E-state index is 11.2. The van der Waals surface area contributed by atoms with E-state index in [-0.39, 0.29) is 5.69 Å². The van der Waals surface area contributed by atoms with Crippen LogP contribution >= 0.6 is 0 Å². The zero-order valence-electron chi connectivity index (χ0n) is 11.5. The number of H-pyrrole nitrogens is 2. The average molecular weight is 271 g/mol. The van der Waals surface area contributed by atoms with Gasteiger partial charge < -0.3 is 15.3 Å². The molecule has 0 unspecified atom stereocenters. The predicted molar refractivity (Wildman–Crippen MR) is 78.9 cm³/mol. The lowest BCUT2D eigenvalue weighted by Crippen LogP contribution is -2.01. The number of aromatic amines is 2. The molecule has 3 rings (SSSR count). The van der Waals surface area contributed by atoms with Gasteiger partial charge in [-0.25, -0.2) is 4.79 Å². The van der Waals surface area contributed by atoms with E-state index in [9.17, 15) is 4.79 Å². The number of hydrogen-bond donors (Lipinski definition) is 3. The van der Waals surface area contributed by atoms with Crippen LogP contribution in [0.3, 0.4) is 0 Å². The average Bonchev–Trinajstić information content (AvgIpc) is 3.00. The zero-order valence-corrected chi connectivity index (χ0v) is 11.5. The van der Waals surface area contributed by atoms with Gasteiger partial charge in [-0.2, -0.15) is 5.10 Å². The number of imidazole rings is 1. The second-order valence-corrected chi connectivity index (χ2v) is 5.12. The van der Waals surface area contributed by atoms with E-state index in [2.05, 4.69) is 34.2 Å². The Balaban J connectivity index is 1.73. The molecule has 2 aromatic heterocycles. The first-order valence-electron chi connectivity index (χ1n) is 6.61. The fourth-order valence-electron chi connectivity index (χ4n) is 2.10. The van der Waals surface area contributed by atoms with Gasteiger partial charge in [0.15, 0.2) is 0 Å². The molecule has 1 aromatic carbocycles. The molecule has 0 saturated heterocycles. The Morgan fingerprint density at radius 2 is 2.10 bits per heavy atom. The van der Waals surface area contributed by atoms with Gasteiger partial charge in [-0.05, 0) is 32.0 Å². The van der Waals surface area contributed by atoms with Crippen LogP contribution in [-0.2, 0) is 6.54 Å². The third-order valence-electron chi connectivity index (χ3n) is 3.20. The first-order chi connectivity index (χ1) is 9.61. The van der Waals surface area contributed by atoms with Gasteiger partial charge in [-0.15, -0.1) is 0 Å². The van der Waals surface area contributed by atoms with Crippen molar-refractivity contribution in [1.82, 2.24) is 19.7 Å². The van der Waals surface area contributed by atoms with Crippen LogP contribution in [0.2, 0.25) is 0 Å². The van der Waals surface area contributed by atoms with Crippen LogP contribution in [0.1, 0.15) is 25.5 Å². The number of anilines is 1. The van der Waals surface area contributed by atoms with Crippen LogP contribution in [0.15, 0.2) is 35.4 Å². The summed E-state index contributed by atoms with van der Waals surface area (Å²) in [6.45, 7) is 4.90. The van der Waals surface area contributed by atoms with Crippen LogP contribution in [0.5, 0.6) is 0 Å². The molecule has 0 spiro atoms. The zero-order chi connectivity index (χ0) is 14.1. The summed E-state index contributed by atoms with van der Waals surface area (Å²) < 4.78 is 1.93. The van der Waals surface area contributed by atoms with E-state index in [1.807, 2.05) is 35.3 Å². The smallest absolute Gasteiger partial charge is 0.323 e. The van der Waals surface area contributed by atoms with E-state index in [4.69, 9.17) is 0 Å². The fraction of sp³-hybridized carbons (Fsp3) is 0.286. The van der Waals surface area contributed by atoms with E-state index in [0.717, 1.165) is 22.3 Å². The van der Waals surface area contributed by atoms with Gasteiger partial charge in [0.05, 0.1) is 17.2 Å². The van der Waals surface area contributed by atoms with Crippen molar-refractivity contribution >= 4 is 16.7 Å². The molecule has 0 bridgehead atoms. The van der Waals surface area contributed by atoms with Gasteiger partial charge in [0, 0.05) is 30.0 Å². The highest BCUT2D eigenvalue weighted by Crippen LogP contribution is 2.15. The van der Waals surface area contributed by atoms with Crippen molar-refractivity contribution < 1.29 is 0 Å². The molecule has 0 aliphatic carbocycles. The highest BCUT2D eigenvalue weighted by Gasteiger charge is 2.03. The molecule has 0 fully saturated rings. The Kier molecular flexibility index (Phi) is 3.06. The molecule has 6 nitrogen and oxygen atoms in total. The quantitative estimate of drug-likeness (QED) is 0.681. The second kappa shape index (κ2) is 4.88. The monoisotopic (exact) mass is 271 g/mol. The number of aromatic nitrogens is 4. The standard InChI is InChI=1S/C14H17N5O/c1-9(2)19-8-10(7-16-19)6-15-11-3-4-12-13(5-11)18-14(20)17-12/h3-5,7-9,15H,6H2,1-2H3,(H2,17,18,20). The molecule has 104 valence electrons. The fourth-order valence-corrected chi connectivity index (χ4v) is 2.10. The van der Waals surface area contributed by atoms with Crippen molar-refractivity contribution in [3.05, 3.63) is 46.6 Å². The Labute approximate surface area is 115 Å². The summed E-state index contributed by atoms with van der Waals surface area (Å²) in [5.74, 6) is 0. The minimum Gasteiger partial charge on any atom is -0.381 e. The van der Waals surface area contributed by atoms with Crippen molar-refractivity contribution in [2.45, 2.75) is 26.4 Å². The minimum absolute atomic E-state index is 0.185. The maximum absolute atomic E-state index is 11.2. The molecule has 3 N–H and O–H groups in total. The molecule has 3 aromatic rings. The first kappa shape index (κ1) is 12.5. The van der Waals surface area contributed by atoms with Crippen molar-refractivity contribution in [3.63, 3.8) is 0 Å². The molecule has 0 aliphatic heterocycles. The van der Waals surface area contributed by atoms with Crippen LogP contribution < -0.4 is 11.0 Å². The highest BCUT2D eigenvalue weighted by molar-refractivity contribution is 5.78. The number of hydrogen-bond acceptors (Lipinski definition) is 3. The third kappa shape index (κ3) is 2.45. The SMILES string of the molecule is CC(C)n1cc(CNc2ccc3[nH]c(=O)[nH]c3c2)cn1. The normalized spacial score (nSPS) is 11.3. The van der Waals surface area contributed by atoms with Crippen molar-refractivity contribution in [2.24, 2.45) is 0 Å². The summed E-state index contributed by atoms with van der Waals surface area (Å²) in [6.07, 6.45) is 3.90. The van der Waals surface area contributed by atoms with Crippen molar-refractivity contribution in [3.8, 4) is 0 Å². The highest BCUT2D eigenvalue weighted by atomic mass is 16.1. The predicted octanol–water partition coefficient (Wildman–Crippen LogP) is 2.25. The molecule has 0 atom stereocenters. The largest absolute Gasteiger partial charge is 0.381 e. The summed E-state index contributed by atoms with van der Waals surface area (Å²) >= 11 is 0. The van der Waals surface area contributed by atoms with Gasteiger partial charge in [0.1, 0.15) is 0 Å². The molecule has 0 amide bonds. The van der Waals surface area contributed by atoms with Crippen LogP contribution in [-0.4, -0.2) is 19.7 Å². The summed E-state index contributed by atoms with van der Waals surface area (Å²) in [5.41, 5.74) is 3.52. The summed E-state index contributed by atoms with van der Waals surface area (Å²) in [4.78, 5) is 16.7. The topological polar surface area (TPSA) is 78.5 Å². The molecular formula is C14H17N5O. The number of nitrogens with one attached hydrogen (secondary N) is 3.